The Hall–Kier alpha value is -3.23. The maximum absolute atomic E-state index is 12.6. The van der Waals surface area contributed by atoms with Crippen LogP contribution < -0.4 is 5.32 Å². The summed E-state index contributed by atoms with van der Waals surface area (Å²) in [6, 6.07) is 13.5. The van der Waals surface area contributed by atoms with E-state index in [4.69, 9.17) is 11.2 Å². The Labute approximate surface area is 170 Å². The van der Waals surface area contributed by atoms with Crippen LogP contribution in [0.25, 0.3) is 10.9 Å². The highest BCUT2D eigenvalue weighted by Crippen LogP contribution is 2.25. The number of rotatable bonds is 6. The van der Waals surface area contributed by atoms with Crippen molar-refractivity contribution in [3.05, 3.63) is 59.9 Å². The zero-order chi connectivity index (χ0) is 20.1. The fourth-order valence-electron chi connectivity index (χ4n) is 3.71. The minimum Gasteiger partial charge on any atom is -0.381 e. The van der Waals surface area contributed by atoms with Gasteiger partial charge in [0.15, 0.2) is 0 Å². The number of nitrogens with one attached hydrogen (secondary N) is 1. The van der Waals surface area contributed by atoms with Gasteiger partial charge in [0.2, 0.25) is 0 Å². The number of ketones is 1. The summed E-state index contributed by atoms with van der Waals surface area (Å²) in [5.74, 6) is 4.05. The summed E-state index contributed by atoms with van der Waals surface area (Å²) < 4.78 is 5.38. The lowest BCUT2D eigenvalue weighted by atomic mass is 9.92. The summed E-state index contributed by atoms with van der Waals surface area (Å²) in [7, 11) is 0. The number of carbonyl (C=O) groups is 1. The molecule has 0 bridgehead atoms. The van der Waals surface area contributed by atoms with Gasteiger partial charge in [-0.15, -0.1) is 6.42 Å². The van der Waals surface area contributed by atoms with Gasteiger partial charge >= 0.3 is 0 Å². The average Bonchev–Trinajstić information content (AvgIpc) is 2.75. The lowest BCUT2D eigenvalue weighted by molar-refractivity contribution is -0.120. The number of benzene rings is 2. The van der Waals surface area contributed by atoms with E-state index < -0.39 is 0 Å². The van der Waals surface area contributed by atoms with Crippen molar-refractivity contribution in [2.24, 2.45) is 5.92 Å². The number of carbonyl (C=O) groups excluding carboxylic acids is 1. The minimum absolute atomic E-state index is 0.268. The average molecular weight is 385 g/mol. The molecule has 0 spiro atoms. The van der Waals surface area contributed by atoms with Crippen LogP contribution in [0.4, 0.5) is 11.5 Å². The van der Waals surface area contributed by atoms with Crippen molar-refractivity contribution in [2.45, 2.75) is 25.7 Å². The first-order valence-electron chi connectivity index (χ1n) is 9.88. The molecular weight excluding hydrogens is 362 g/mol. The predicted octanol–water partition coefficient (Wildman–Crippen LogP) is 4.28. The second kappa shape index (κ2) is 8.85. The first-order valence-corrected chi connectivity index (χ1v) is 9.88. The molecule has 3 aromatic rings. The molecule has 0 aliphatic carbocycles. The lowest BCUT2D eigenvalue weighted by Gasteiger charge is -2.21. The Balaban J connectivity index is 1.53. The van der Waals surface area contributed by atoms with E-state index in [1.165, 1.54) is 6.33 Å². The van der Waals surface area contributed by atoms with Crippen molar-refractivity contribution in [1.29, 1.82) is 0 Å². The van der Waals surface area contributed by atoms with E-state index in [9.17, 15) is 4.79 Å². The van der Waals surface area contributed by atoms with E-state index in [-0.39, 0.29) is 5.78 Å². The Morgan fingerprint density at radius 2 is 2.03 bits per heavy atom. The van der Waals surface area contributed by atoms with Crippen LogP contribution >= 0.6 is 0 Å². The van der Waals surface area contributed by atoms with Crippen molar-refractivity contribution in [2.75, 3.05) is 18.5 Å². The number of aromatic nitrogens is 2. The van der Waals surface area contributed by atoms with E-state index >= 15 is 0 Å². The summed E-state index contributed by atoms with van der Waals surface area (Å²) in [5, 5.41) is 4.21. The van der Waals surface area contributed by atoms with Crippen LogP contribution in [0.2, 0.25) is 0 Å². The number of ether oxygens (including phenoxy) is 1. The molecule has 1 aromatic heterocycles. The number of anilines is 2. The van der Waals surface area contributed by atoms with Crippen LogP contribution in [-0.4, -0.2) is 29.0 Å². The molecule has 1 fully saturated rings. The summed E-state index contributed by atoms with van der Waals surface area (Å²) in [6.45, 7) is 1.53. The molecule has 4 rings (SSSR count). The molecule has 2 aromatic carbocycles. The van der Waals surface area contributed by atoms with Crippen molar-refractivity contribution < 1.29 is 9.53 Å². The molecule has 0 amide bonds. The van der Waals surface area contributed by atoms with Crippen molar-refractivity contribution in [3.8, 4) is 12.3 Å². The van der Waals surface area contributed by atoms with Gasteiger partial charge in [0.1, 0.15) is 17.9 Å². The van der Waals surface area contributed by atoms with Crippen molar-refractivity contribution in [1.82, 2.24) is 9.97 Å². The normalized spacial score (nSPS) is 14.4. The topological polar surface area (TPSA) is 64.1 Å². The summed E-state index contributed by atoms with van der Waals surface area (Å²) in [4.78, 5) is 21.3. The predicted molar refractivity (Wildman–Crippen MR) is 114 cm³/mol. The van der Waals surface area contributed by atoms with E-state index in [2.05, 4.69) is 21.2 Å². The molecule has 5 heteroatoms. The fraction of sp³-hybridized carbons (Fsp3) is 0.292. The highest BCUT2D eigenvalue weighted by molar-refractivity contribution is 5.92. The third kappa shape index (κ3) is 4.79. The molecule has 5 nitrogen and oxygen atoms in total. The van der Waals surface area contributed by atoms with Crippen LogP contribution in [0.3, 0.4) is 0 Å². The number of hydrogen-bond donors (Lipinski definition) is 1. The largest absolute Gasteiger partial charge is 0.381 e. The number of nitrogens with zero attached hydrogens (tertiary/aromatic N) is 2. The van der Waals surface area contributed by atoms with Crippen LogP contribution in [0, 0.1) is 18.3 Å². The van der Waals surface area contributed by atoms with Gasteiger partial charge in [-0.1, -0.05) is 18.1 Å². The van der Waals surface area contributed by atoms with Crippen LogP contribution in [0.15, 0.2) is 48.8 Å². The van der Waals surface area contributed by atoms with E-state index in [0.29, 0.717) is 24.6 Å². The maximum Gasteiger partial charge on any atom is 0.141 e. The van der Waals surface area contributed by atoms with Crippen LogP contribution in [-0.2, 0) is 16.0 Å². The van der Waals surface area contributed by atoms with E-state index in [1.807, 2.05) is 42.5 Å². The second-order valence-corrected chi connectivity index (χ2v) is 7.40. The highest BCUT2D eigenvalue weighted by Gasteiger charge is 2.18. The van der Waals surface area contributed by atoms with E-state index in [0.717, 1.165) is 53.8 Å². The molecule has 0 radical (unpaired) electrons. The number of fused-ring (bicyclic) bond motifs is 1. The monoisotopic (exact) mass is 385 g/mol. The third-order valence-electron chi connectivity index (χ3n) is 5.25. The van der Waals surface area contributed by atoms with Gasteiger partial charge in [-0.2, -0.15) is 0 Å². The van der Waals surface area contributed by atoms with Gasteiger partial charge in [0, 0.05) is 42.7 Å². The third-order valence-corrected chi connectivity index (χ3v) is 5.25. The smallest absolute Gasteiger partial charge is 0.141 e. The maximum atomic E-state index is 12.6. The van der Waals surface area contributed by atoms with Gasteiger partial charge in [0.05, 0.1) is 5.52 Å². The quantitative estimate of drug-likeness (QED) is 0.642. The molecule has 0 saturated carbocycles. The van der Waals surface area contributed by atoms with Gasteiger partial charge in [-0.25, -0.2) is 9.97 Å². The lowest BCUT2D eigenvalue weighted by Crippen LogP contribution is -2.19. The standard InChI is InChI=1S/C24H23N3O2/c1-2-17-4-3-5-20(12-17)27-24-22-15-19(6-7-23(22)25-16-26-24)14-21(28)13-18-8-10-29-11-9-18/h1,3-7,12,15-16,18H,8-11,13-14H2,(H,25,26,27). The van der Waals surface area contributed by atoms with Crippen LogP contribution in [0.5, 0.6) is 0 Å². The van der Waals surface area contributed by atoms with E-state index in [1.54, 1.807) is 0 Å². The summed E-state index contributed by atoms with van der Waals surface area (Å²) in [5.41, 5.74) is 3.47. The molecule has 1 saturated heterocycles. The summed E-state index contributed by atoms with van der Waals surface area (Å²) >= 11 is 0. The molecule has 29 heavy (non-hydrogen) atoms. The first kappa shape index (κ1) is 19.1. The molecule has 0 unspecified atom stereocenters. The molecule has 1 aliphatic rings. The molecule has 0 atom stereocenters. The zero-order valence-corrected chi connectivity index (χ0v) is 16.2. The van der Waals surface area contributed by atoms with Crippen LogP contribution in [0.1, 0.15) is 30.4 Å². The highest BCUT2D eigenvalue weighted by atomic mass is 16.5. The Morgan fingerprint density at radius 3 is 2.86 bits per heavy atom. The Kier molecular flexibility index (Phi) is 5.83. The van der Waals surface area contributed by atoms with Gasteiger partial charge in [0.25, 0.3) is 0 Å². The number of hydrogen-bond acceptors (Lipinski definition) is 5. The Morgan fingerprint density at radius 1 is 1.17 bits per heavy atom. The first-order chi connectivity index (χ1) is 14.2. The zero-order valence-electron chi connectivity index (χ0n) is 16.2. The fourth-order valence-corrected chi connectivity index (χ4v) is 3.71. The van der Waals surface area contributed by atoms with Gasteiger partial charge in [-0.05, 0) is 54.7 Å². The molecule has 1 N–H and O–H groups in total. The molecule has 2 heterocycles. The number of Topliss-reactive ketones (excluding diaryl/α,β-unsaturated/α-hetero) is 1. The Bertz CT molecular complexity index is 1070. The SMILES string of the molecule is C#Cc1cccc(Nc2ncnc3ccc(CC(=O)CC4CCOCC4)cc23)c1. The number of terminal acetylenes is 1. The van der Waals surface area contributed by atoms with Crippen molar-refractivity contribution in [3.63, 3.8) is 0 Å². The summed E-state index contributed by atoms with van der Waals surface area (Å²) in [6.07, 6.45) is 10.0. The second-order valence-electron chi connectivity index (χ2n) is 7.40. The van der Waals surface area contributed by atoms with Gasteiger partial charge < -0.3 is 10.1 Å². The molecular formula is C24H23N3O2. The van der Waals surface area contributed by atoms with Gasteiger partial charge in [-0.3, -0.25) is 4.79 Å². The minimum atomic E-state index is 0.268. The molecule has 1 aliphatic heterocycles. The van der Waals surface area contributed by atoms with Crippen molar-refractivity contribution >= 4 is 28.2 Å². The molecule has 146 valence electrons.